The zero-order valence-corrected chi connectivity index (χ0v) is 20.2. The molecule has 2 aromatic rings. The maximum atomic E-state index is 12.8. The van der Waals surface area contributed by atoms with Gasteiger partial charge in [-0.15, -0.1) is 0 Å². The Morgan fingerprint density at radius 2 is 1.55 bits per heavy atom. The zero-order chi connectivity index (χ0) is 21.7. The van der Waals surface area contributed by atoms with Gasteiger partial charge in [-0.1, -0.05) is 57.5 Å². The van der Waals surface area contributed by atoms with Gasteiger partial charge in [0.25, 0.3) is 5.91 Å². The second-order valence-corrected chi connectivity index (χ2v) is 10.6. The van der Waals surface area contributed by atoms with E-state index >= 15 is 0 Å². The summed E-state index contributed by atoms with van der Waals surface area (Å²) >= 11 is 3.59. The maximum Gasteiger partial charge on any atom is 0.256 e. The Bertz CT molecular complexity index is 985. The van der Waals surface area contributed by atoms with Gasteiger partial charge in [0.05, 0.1) is 7.11 Å². The van der Waals surface area contributed by atoms with Gasteiger partial charge in [-0.3, -0.25) is 4.79 Å². The summed E-state index contributed by atoms with van der Waals surface area (Å²) in [7, 11) is 1.74. The minimum atomic E-state index is -0.0886. The van der Waals surface area contributed by atoms with E-state index < -0.39 is 0 Å². The molecule has 0 aromatic heterocycles. The number of hydrogen-bond donors (Lipinski definition) is 1. The molecule has 1 aliphatic heterocycles. The summed E-state index contributed by atoms with van der Waals surface area (Å²) in [4.78, 5) is 12.8. The van der Waals surface area contributed by atoms with Gasteiger partial charge in [0.2, 0.25) is 0 Å². The van der Waals surface area contributed by atoms with Crippen LogP contribution in [0.25, 0.3) is 11.6 Å². The molecule has 0 aliphatic carbocycles. The molecule has 0 saturated heterocycles. The molecule has 0 bridgehead atoms. The number of rotatable bonds is 2. The highest BCUT2D eigenvalue weighted by Crippen LogP contribution is 2.43. The highest BCUT2D eigenvalue weighted by atomic mass is 79.9. The van der Waals surface area contributed by atoms with Gasteiger partial charge in [-0.25, -0.2) is 0 Å². The number of benzene rings is 2. The van der Waals surface area contributed by atoms with E-state index in [0.717, 1.165) is 43.7 Å². The monoisotopic (exact) mass is 455 g/mol. The molecule has 154 valence electrons. The molecular formula is C25H30BrNO2. The van der Waals surface area contributed by atoms with Crippen LogP contribution in [0.5, 0.6) is 5.75 Å². The zero-order valence-electron chi connectivity index (χ0n) is 18.6. The van der Waals surface area contributed by atoms with Crippen LogP contribution in [-0.4, -0.2) is 13.0 Å². The normalized spacial score (nSPS) is 15.5. The molecule has 29 heavy (non-hydrogen) atoms. The third-order valence-electron chi connectivity index (χ3n) is 5.40. The molecule has 0 fully saturated rings. The fourth-order valence-corrected chi connectivity index (χ4v) is 4.14. The van der Waals surface area contributed by atoms with Crippen molar-refractivity contribution in [3.63, 3.8) is 0 Å². The van der Waals surface area contributed by atoms with Crippen molar-refractivity contribution in [3.05, 3.63) is 56.6 Å². The Balaban J connectivity index is 2.29. The molecule has 0 radical (unpaired) electrons. The summed E-state index contributed by atoms with van der Waals surface area (Å²) in [6, 6.07) is 8.22. The second-order valence-electron chi connectivity index (χ2n) is 9.76. The predicted molar refractivity (Wildman–Crippen MR) is 126 cm³/mol. The van der Waals surface area contributed by atoms with E-state index in [2.05, 4.69) is 74.9 Å². The molecule has 4 heteroatoms. The van der Waals surface area contributed by atoms with Crippen LogP contribution in [0.2, 0.25) is 0 Å². The number of carbonyl (C=O) groups excluding carboxylic acids is 1. The number of fused-ring (bicyclic) bond motifs is 1. The third kappa shape index (κ3) is 4.00. The fraction of sp³-hybridized carbons (Fsp3) is 0.400. The van der Waals surface area contributed by atoms with E-state index in [4.69, 9.17) is 4.74 Å². The molecule has 1 N–H and O–H groups in total. The Hall–Kier alpha value is -2.07. The van der Waals surface area contributed by atoms with Crippen molar-refractivity contribution in [2.24, 2.45) is 0 Å². The Labute approximate surface area is 182 Å². The summed E-state index contributed by atoms with van der Waals surface area (Å²) in [5.74, 6) is 0.869. The Morgan fingerprint density at radius 1 is 1.00 bits per heavy atom. The summed E-state index contributed by atoms with van der Waals surface area (Å²) in [6.45, 7) is 15.2. The maximum absolute atomic E-state index is 12.8. The van der Waals surface area contributed by atoms with Gasteiger partial charge in [0.15, 0.2) is 0 Å². The summed E-state index contributed by atoms with van der Waals surface area (Å²) in [6.07, 6.45) is 2.00. The first kappa shape index (κ1) is 21.6. The molecule has 1 amide bonds. The van der Waals surface area contributed by atoms with E-state index in [9.17, 15) is 4.79 Å². The van der Waals surface area contributed by atoms with Crippen molar-refractivity contribution in [2.45, 2.75) is 59.3 Å². The van der Waals surface area contributed by atoms with Crippen LogP contribution in [0.15, 0.2) is 28.7 Å². The highest BCUT2D eigenvalue weighted by Gasteiger charge is 2.29. The van der Waals surface area contributed by atoms with Crippen molar-refractivity contribution in [3.8, 4) is 5.75 Å². The van der Waals surface area contributed by atoms with Gasteiger partial charge in [0, 0.05) is 32.4 Å². The predicted octanol–water partition coefficient (Wildman–Crippen LogP) is 6.85. The van der Waals surface area contributed by atoms with Crippen molar-refractivity contribution in [2.75, 3.05) is 12.4 Å². The van der Waals surface area contributed by atoms with E-state index in [0.29, 0.717) is 5.57 Å². The standard InChI is InChI=1S/C25H30BrNO2/c1-14-19(26)9-10-20-21(14)16(23(28)27-20)11-15-12-17(24(2,3)4)22(29-8)18(13-15)25(5,6)7/h9-13H,1-8H3,(H,27,28). The van der Waals surface area contributed by atoms with E-state index in [1.54, 1.807) is 7.11 Å². The quantitative estimate of drug-likeness (QED) is 0.502. The Kier molecular flexibility index (Phi) is 5.46. The van der Waals surface area contributed by atoms with Crippen LogP contribution in [-0.2, 0) is 15.6 Å². The van der Waals surface area contributed by atoms with Gasteiger partial charge in [-0.2, -0.15) is 0 Å². The first-order chi connectivity index (χ1) is 13.3. The summed E-state index contributed by atoms with van der Waals surface area (Å²) in [5.41, 5.74) is 6.71. The highest BCUT2D eigenvalue weighted by molar-refractivity contribution is 9.10. The van der Waals surface area contributed by atoms with Crippen LogP contribution in [0, 0.1) is 6.92 Å². The lowest BCUT2D eigenvalue weighted by Crippen LogP contribution is -2.19. The van der Waals surface area contributed by atoms with Crippen LogP contribution < -0.4 is 10.1 Å². The number of hydrogen-bond acceptors (Lipinski definition) is 2. The van der Waals surface area contributed by atoms with Crippen molar-refractivity contribution in [1.82, 2.24) is 0 Å². The number of methoxy groups -OCH3 is 1. The molecule has 0 saturated carbocycles. The molecule has 3 rings (SSSR count). The number of carbonyl (C=O) groups is 1. The molecule has 0 atom stereocenters. The van der Waals surface area contributed by atoms with E-state index in [-0.39, 0.29) is 16.7 Å². The Morgan fingerprint density at radius 3 is 2.03 bits per heavy atom. The van der Waals surface area contributed by atoms with Gasteiger partial charge < -0.3 is 10.1 Å². The van der Waals surface area contributed by atoms with Crippen molar-refractivity contribution < 1.29 is 9.53 Å². The molecule has 3 nitrogen and oxygen atoms in total. The average molecular weight is 456 g/mol. The first-order valence-corrected chi connectivity index (χ1v) is 10.7. The molecular weight excluding hydrogens is 426 g/mol. The van der Waals surface area contributed by atoms with Crippen LogP contribution >= 0.6 is 15.9 Å². The van der Waals surface area contributed by atoms with E-state index in [1.807, 2.05) is 25.1 Å². The number of ether oxygens (including phenoxy) is 1. The van der Waals surface area contributed by atoms with E-state index in [1.165, 1.54) is 0 Å². The van der Waals surface area contributed by atoms with Crippen molar-refractivity contribution >= 4 is 39.2 Å². The van der Waals surface area contributed by atoms with Gasteiger partial charge in [0.1, 0.15) is 5.75 Å². The minimum absolute atomic E-state index is 0.0633. The van der Waals surface area contributed by atoms with Crippen molar-refractivity contribution in [1.29, 1.82) is 0 Å². The summed E-state index contributed by atoms with van der Waals surface area (Å²) in [5, 5.41) is 3.00. The van der Waals surface area contributed by atoms with Gasteiger partial charge >= 0.3 is 0 Å². The second kappa shape index (κ2) is 7.32. The topological polar surface area (TPSA) is 38.3 Å². The first-order valence-electron chi connectivity index (χ1n) is 9.90. The number of halogens is 1. The minimum Gasteiger partial charge on any atom is -0.496 e. The molecule has 1 heterocycles. The number of nitrogens with one attached hydrogen (secondary N) is 1. The lowest BCUT2D eigenvalue weighted by Gasteiger charge is -2.29. The van der Waals surface area contributed by atoms with Crippen LogP contribution in [0.1, 0.15) is 69.4 Å². The molecule has 2 aromatic carbocycles. The third-order valence-corrected chi connectivity index (χ3v) is 6.26. The fourth-order valence-electron chi connectivity index (χ4n) is 3.81. The average Bonchev–Trinajstić information content (AvgIpc) is 2.92. The smallest absolute Gasteiger partial charge is 0.256 e. The molecule has 0 unspecified atom stereocenters. The molecule has 0 spiro atoms. The number of anilines is 1. The molecule has 1 aliphatic rings. The largest absolute Gasteiger partial charge is 0.496 e. The summed E-state index contributed by atoms with van der Waals surface area (Å²) < 4.78 is 6.86. The lowest BCUT2D eigenvalue weighted by molar-refractivity contribution is -0.110. The van der Waals surface area contributed by atoms with Crippen LogP contribution in [0.4, 0.5) is 5.69 Å². The lowest BCUT2D eigenvalue weighted by atomic mass is 9.78. The van der Waals surface area contributed by atoms with Crippen LogP contribution in [0.3, 0.4) is 0 Å². The van der Waals surface area contributed by atoms with Gasteiger partial charge in [-0.05, 0) is 59.2 Å². The SMILES string of the molecule is COc1c(C(C)(C)C)cc(C=C2C(=O)Nc3ccc(Br)c(C)c32)cc1C(C)(C)C. The number of amides is 1.